The van der Waals surface area contributed by atoms with Crippen molar-refractivity contribution >= 4 is 0 Å². The van der Waals surface area contributed by atoms with E-state index in [1.54, 1.807) is 0 Å². The lowest BCUT2D eigenvalue weighted by Gasteiger charge is -2.14. The van der Waals surface area contributed by atoms with Crippen molar-refractivity contribution in [2.45, 2.75) is 25.8 Å². The standard InChI is InChI=1S/C12H15NO2/c1-8-9(10-3-2-6-13-10)4-5-11-12(8)15-7-14-11/h4-5,10,13H,2-3,6-7H2,1H3. The molecule has 3 heteroatoms. The smallest absolute Gasteiger partial charge is 0.231 e. The maximum atomic E-state index is 5.48. The van der Waals surface area contributed by atoms with E-state index in [0.29, 0.717) is 12.8 Å². The third kappa shape index (κ3) is 1.38. The highest BCUT2D eigenvalue weighted by Crippen LogP contribution is 2.40. The molecule has 1 unspecified atom stereocenters. The Balaban J connectivity index is 2.01. The second kappa shape index (κ2) is 3.42. The lowest BCUT2D eigenvalue weighted by molar-refractivity contribution is 0.173. The molecule has 3 rings (SSSR count). The fraction of sp³-hybridized carbons (Fsp3) is 0.500. The van der Waals surface area contributed by atoms with Crippen molar-refractivity contribution in [2.24, 2.45) is 0 Å². The van der Waals surface area contributed by atoms with E-state index in [-0.39, 0.29) is 0 Å². The summed E-state index contributed by atoms with van der Waals surface area (Å²) in [6.45, 7) is 3.60. The number of benzene rings is 1. The average molecular weight is 205 g/mol. The van der Waals surface area contributed by atoms with Crippen LogP contribution in [-0.2, 0) is 0 Å². The van der Waals surface area contributed by atoms with Crippen LogP contribution in [0.3, 0.4) is 0 Å². The Morgan fingerprint density at radius 2 is 2.27 bits per heavy atom. The minimum absolute atomic E-state index is 0.359. The highest BCUT2D eigenvalue weighted by Gasteiger charge is 2.23. The SMILES string of the molecule is Cc1c(C2CCCN2)ccc2c1OCO2. The zero-order valence-electron chi connectivity index (χ0n) is 8.88. The summed E-state index contributed by atoms with van der Waals surface area (Å²) in [4.78, 5) is 0. The van der Waals surface area contributed by atoms with Crippen LogP contribution < -0.4 is 14.8 Å². The van der Waals surface area contributed by atoms with Gasteiger partial charge in [0.25, 0.3) is 0 Å². The van der Waals surface area contributed by atoms with Gasteiger partial charge in [-0.15, -0.1) is 0 Å². The summed E-state index contributed by atoms with van der Waals surface area (Å²) in [6, 6.07) is 4.68. The topological polar surface area (TPSA) is 30.5 Å². The van der Waals surface area contributed by atoms with Gasteiger partial charge in [0.05, 0.1) is 0 Å². The van der Waals surface area contributed by atoms with E-state index in [2.05, 4.69) is 18.3 Å². The fourth-order valence-corrected chi connectivity index (χ4v) is 2.45. The molecule has 0 aromatic heterocycles. The van der Waals surface area contributed by atoms with Crippen molar-refractivity contribution in [3.63, 3.8) is 0 Å². The predicted octanol–water partition coefficient (Wildman–Crippen LogP) is 2.15. The van der Waals surface area contributed by atoms with E-state index in [4.69, 9.17) is 9.47 Å². The minimum atomic E-state index is 0.359. The summed E-state index contributed by atoms with van der Waals surface area (Å²) in [5.41, 5.74) is 2.58. The number of hydrogen-bond donors (Lipinski definition) is 1. The van der Waals surface area contributed by atoms with E-state index in [1.165, 1.54) is 24.0 Å². The van der Waals surface area contributed by atoms with Gasteiger partial charge in [-0.25, -0.2) is 0 Å². The Hall–Kier alpha value is -1.22. The van der Waals surface area contributed by atoms with Crippen molar-refractivity contribution in [3.8, 4) is 11.5 Å². The number of nitrogens with one attached hydrogen (secondary N) is 1. The third-order valence-corrected chi connectivity index (χ3v) is 3.27. The fourth-order valence-electron chi connectivity index (χ4n) is 2.45. The number of ether oxygens (including phenoxy) is 2. The zero-order valence-corrected chi connectivity index (χ0v) is 8.88. The summed E-state index contributed by atoms with van der Waals surface area (Å²) >= 11 is 0. The van der Waals surface area contributed by atoms with Crippen LogP contribution in [0.5, 0.6) is 11.5 Å². The second-order valence-electron chi connectivity index (χ2n) is 4.16. The molecule has 0 radical (unpaired) electrons. The molecule has 2 aliphatic heterocycles. The zero-order chi connectivity index (χ0) is 10.3. The molecular formula is C12H15NO2. The molecule has 2 heterocycles. The maximum Gasteiger partial charge on any atom is 0.231 e. The van der Waals surface area contributed by atoms with Crippen molar-refractivity contribution in [1.29, 1.82) is 0 Å². The summed E-state index contributed by atoms with van der Waals surface area (Å²) in [6.07, 6.45) is 2.49. The number of rotatable bonds is 1. The van der Waals surface area contributed by atoms with E-state index < -0.39 is 0 Å². The molecule has 0 saturated carbocycles. The first-order chi connectivity index (χ1) is 7.36. The average Bonchev–Trinajstić information content (AvgIpc) is 2.87. The minimum Gasteiger partial charge on any atom is -0.454 e. The van der Waals surface area contributed by atoms with Gasteiger partial charge in [0.15, 0.2) is 11.5 Å². The highest BCUT2D eigenvalue weighted by atomic mass is 16.7. The Kier molecular flexibility index (Phi) is 2.06. The van der Waals surface area contributed by atoms with Gasteiger partial charge < -0.3 is 14.8 Å². The normalized spacial score (nSPS) is 23.4. The summed E-state index contributed by atoms with van der Waals surface area (Å²) in [7, 11) is 0. The molecule has 0 amide bonds. The highest BCUT2D eigenvalue weighted by molar-refractivity contribution is 5.52. The van der Waals surface area contributed by atoms with Gasteiger partial charge in [-0.2, -0.15) is 0 Å². The lowest BCUT2D eigenvalue weighted by atomic mass is 9.99. The first-order valence-electron chi connectivity index (χ1n) is 5.49. The van der Waals surface area contributed by atoms with Crippen molar-refractivity contribution in [2.75, 3.05) is 13.3 Å². The van der Waals surface area contributed by atoms with Crippen LogP contribution in [0.25, 0.3) is 0 Å². The summed E-state index contributed by atoms with van der Waals surface area (Å²) in [5, 5.41) is 3.51. The Labute approximate surface area is 89.4 Å². The molecule has 3 nitrogen and oxygen atoms in total. The quantitative estimate of drug-likeness (QED) is 0.762. The molecule has 1 aromatic carbocycles. The maximum absolute atomic E-state index is 5.48. The van der Waals surface area contributed by atoms with E-state index >= 15 is 0 Å². The van der Waals surface area contributed by atoms with Crippen LogP contribution in [-0.4, -0.2) is 13.3 Å². The largest absolute Gasteiger partial charge is 0.454 e. The monoisotopic (exact) mass is 205 g/mol. The van der Waals surface area contributed by atoms with Crippen molar-refractivity contribution < 1.29 is 9.47 Å². The molecule has 1 aromatic rings. The van der Waals surface area contributed by atoms with Crippen molar-refractivity contribution in [3.05, 3.63) is 23.3 Å². The van der Waals surface area contributed by atoms with E-state index in [9.17, 15) is 0 Å². The molecule has 0 bridgehead atoms. The molecule has 1 fully saturated rings. The molecule has 15 heavy (non-hydrogen) atoms. The Bertz CT molecular complexity index is 383. The molecule has 2 aliphatic rings. The summed E-state index contributed by atoms with van der Waals surface area (Å²) < 4.78 is 10.8. The van der Waals surface area contributed by atoms with Crippen LogP contribution in [0.4, 0.5) is 0 Å². The van der Waals surface area contributed by atoms with Crippen LogP contribution in [0.1, 0.15) is 30.0 Å². The first kappa shape index (κ1) is 9.04. The van der Waals surface area contributed by atoms with Gasteiger partial charge in [-0.1, -0.05) is 6.07 Å². The Morgan fingerprint density at radius 3 is 3.07 bits per heavy atom. The van der Waals surface area contributed by atoms with E-state index in [1.807, 2.05) is 6.07 Å². The van der Waals surface area contributed by atoms with Gasteiger partial charge in [0.1, 0.15) is 0 Å². The first-order valence-corrected chi connectivity index (χ1v) is 5.49. The van der Waals surface area contributed by atoms with Gasteiger partial charge >= 0.3 is 0 Å². The molecule has 1 atom stereocenters. The molecule has 80 valence electrons. The predicted molar refractivity (Wildman–Crippen MR) is 57.3 cm³/mol. The molecular weight excluding hydrogens is 190 g/mol. The number of fused-ring (bicyclic) bond motifs is 1. The van der Waals surface area contributed by atoms with Crippen LogP contribution in [0.15, 0.2) is 12.1 Å². The van der Waals surface area contributed by atoms with Gasteiger partial charge in [0.2, 0.25) is 6.79 Å². The second-order valence-corrected chi connectivity index (χ2v) is 4.16. The van der Waals surface area contributed by atoms with Gasteiger partial charge in [0, 0.05) is 6.04 Å². The molecule has 0 aliphatic carbocycles. The van der Waals surface area contributed by atoms with Gasteiger partial charge in [-0.3, -0.25) is 0 Å². The summed E-state index contributed by atoms with van der Waals surface area (Å²) in [5.74, 6) is 1.82. The van der Waals surface area contributed by atoms with E-state index in [0.717, 1.165) is 18.0 Å². The number of hydrogen-bond acceptors (Lipinski definition) is 3. The third-order valence-electron chi connectivity index (χ3n) is 3.27. The van der Waals surface area contributed by atoms with Gasteiger partial charge in [-0.05, 0) is 43.5 Å². The van der Waals surface area contributed by atoms with Crippen LogP contribution in [0, 0.1) is 6.92 Å². The molecule has 1 N–H and O–H groups in total. The van der Waals surface area contributed by atoms with Crippen molar-refractivity contribution in [1.82, 2.24) is 5.32 Å². The van der Waals surface area contributed by atoms with Crippen LogP contribution in [0.2, 0.25) is 0 Å². The van der Waals surface area contributed by atoms with Crippen LogP contribution >= 0.6 is 0 Å². The molecule has 0 spiro atoms. The molecule has 1 saturated heterocycles. The Morgan fingerprint density at radius 1 is 1.33 bits per heavy atom. The lowest BCUT2D eigenvalue weighted by Crippen LogP contribution is -2.14.